The molecule has 1 N–H and O–H groups in total. The van der Waals surface area contributed by atoms with E-state index in [0.717, 1.165) is 43.4 Å². The van der Waals surface area contributed by atoms with Crippen LogP contribution in [0.2, 0.25) is 0 Å². The Morgan fingerprint density at radius 1 is 1.12 bits per heavy atom. The molecule has 0 amide bonds. The van der Waals surface area contributed by atoms with Crippen molar-refractivity contribution >= 4 is 50.3 Å². The highest BCUT2D eigenvalue weighted by molar-refractivity contribution is 8.02. The van der Waals surface area contributed by atoms with Crippen molar-refractivity contribution in [1.29, 1.82) is 0 Å². The summed E-state index contributed by atoms with van der Waals surface area (Å²) in [7, 11) is -3.26. The first-order chi connectivity index (χ1) is 12.3. The van der Waals surface area contributed by atoms with Gasteiger partial charge in [-0.25, -0.2) is 8.42 Å². The molecular formula is C18H20N2O3S3. The molecule has 1 spiro atoms. The molecule has 0 saturated carbocycles. The molecule has 8 heteroatoms. The van der Waals surface area contributed by atoms with Gasteiger partial charge in [0.15, 0.2) is 5.78 Å². The number of nitrogens with zero attached hydrogens (tertiary/aromatic N) is 1. The third-order valence-corrected chi connectivity index (χ3v) is 8.17. The van der Waals surface area contributed by atoms with Gasteiger partial charge in [-0.05, 0) is 48.6 Å². The predicted molar refractivity (Wildman–Crippen MR) is 108 cm³/mol. The first-order valence-electron chi connectivity index (χ1n) is 8.46. The van der Waals surface area contributed by atoms with Crippen molar-refractivity contribution in [1.82, 2.24) is 0 Å². The number of anilines is 2. The Balaban J connectivity index is 1.43. The zero-order valence-electron chi connectivity index (χ0n) is 14.4. The lowest BCUT2D eigenvalue weighted by molar-refractivity contribution is 0.0958. The molecule has 138 valence electrons. The van der Waals surface area contributed by atoms with E-state index in [1.807, 2.05) is 35.3 Å². The Hall–Kier alpha value is -1.51. The average Bonchev–Trinajstić information content (AvgIpc) is 3.04. The number of carbonyl (C=O) groups excluding carboxylic acids is 1. The number of fused-ring (bicyclic) bond motifs is 1. The van der Waals surface area contributed by atoms with E-state index in [1.54, 1.807) is 23.5 Å². The molecule has 3 heterocycles. The van der Waals surface area contributed by atoms with Crippen molar-refractivity contribution in [3.05, 3.63) is 41.3 Å². The van der Waals surface area contributed by atoms with Gasteiger partial charge in [0.25, 0.3) is 0 Å². The van der Waals surface area contributed by atoms with Crippen molar-refractivity contribution in [2.24, 2.45) is 0 Å². The molecule has 2 aromatic rings. The van der Waals surface area contributed by atoms with Crippen LogP contribution in [0.25, 0.3) is 0 Å². The summed E-state index contributed by atoms with van der Waals surface area (Å²) in [6, 6.07) is 9.42. The number of rotatable bonds is 3. The van der Waals surface area contributed by atoms with Gasteiger partial charge in [0.1, 0.15) is 0 Å². The fourth-order valence-corrected chi connectivity index (χ4v) is 6.97. The van der Waals surface area contributed by atoms with E-state index in [1.165, 1.54) is 4.21 Å². The van der Waals surface area contributed by atoms with Gasteiger partial charge in [0, 0.05) is 41.2 Å². The SMILES string of the molecule is CS(=O)(=O)Nc1ccc(N2CCC3(CC2)CC(=O)c2ccsc2S3)cc1. The maximum atomic E-state index is 12.4. The first-order valence-corrected chi connectivity index (χ1v) is 12.0. The third kappa shape index (κ3) is 3.63. The van der Waals surface area contributed by atoms with Crippen LogP contribution in [0.4, 0.5) is 11.4 Å². The lowest BCUT2D eigenvalue weighted by atomic mass is 9.88. The average molecular weight is 409 g/mol. The zero-order valence-corrected chi connectivity index (χ0v) is 16.8. The van der Waals surface area contributed by atoms with Gasteiger partial charge in [-0.15, -0.1) is 23.1 Å². The summed E-state index contributed by atoms with van der Waals surface area (Å²) in [5.41, 5.74) is 2.56. The second-order valence-electron chi connectivity index (χ2n) is 6.91. The number of hydrogen-bond donors (Lipinski definition) is 1. The second kappa shape index (κ2) is 6.58. The number of ketones is 1. The van der Waals surface area contributed by atoms with Gasteiger partial charge in [-0.2, -0.15) is 0 Å². The monoisotopic (exact) mass is 408 g/mol. The van der Waals surface area contributed by atoms with Crippen molar-refractivity contribution in [2.75, 3.05) is 29.0 Å². The van der Waals surface area contributed by atoms with Crippen LogP contribution in [0, 0.1) is 0 Å². The molecule has 1 fully saturated rings. The highest BCUT2D eigenvalue weighted by atomic mass is 32.2. The number of thiophene rings is 1. The number of thioether (sulfide) groups is 1. The maximum absolute atomic E-state index is 12.4. The molecule has 1 aromatic carbocycles. The maximum Gasteiger partial charge on any atom is 0.229 e. The van der Waals surface area contributed by atoms with Gasteiger partial charge in [-0.1, -0.05) is 0 Å². The van der Waals surface area contributed by atoms with E-state index in [0.29, 0.717) is 12.1 Å². The molecule has 1 saturated heterocycles. The molecule has 0 bridgehead atoms. The Morgan fingerprint density at radius 2 is 1.81 bits per heavy atom. The Labute approximate surface area is 161 Å². The van der Waals surface area contributed by atoms with E-state index in [9.17, 15) is 13.2 Å². The van der Waals surface area contributed by atoms with Gasteiger partial charge < -0.3 is 4.90 Å². The lowest BCUT2D eigenvalue weighted by Gasteiger charge is -2.43. The molecule has 5 nitrogen and oxygen atoms in total. The fourth-order valence-electron chi connectivity index (χ4n) is 3.61. The second-order valence-corrected chi connectivity index (χ2v) is 11.3. The number of Topliss-reactive ketones (excluding diaryl/α,β-unsaturated/α-hetero) is 1. The summed E-state index contributed by atoms with van der Waals surface area (Å²) in [5, 5.41) is 2.01. The molecule has 0 atom stereocenters. The third-order valence-electron chi connectivity index (χ3n) is 4.93. The number of sulfonamides is 1. The number of nitrogens with one attached hydrogen (secondary N) is 1. The summed E-state index contributed by atoms with van der Waals surface area (Å²) in [4.78, 5) is 14.8. The van der Waals surface area contributed by atoms with Gasteiger partial charge in [0.05, 0.1) is 10.5 Å². The minimum Gasteiger partial charge on any atom is -0.371 e. The molecule has 0 unspecified atom stereocenters. The quantitative estimate of drug-likeness (QED) is 0.836. The minimum absolute atomic E-state index is 0.0310. The normalized spacial score (nSPS) is 19.4. The molecule has 0 aliphatic carbocycles. The zero-order chi connectivity index (χ0) is 18.4. The largest absolute Gasteiger partial charge is 0.371 e. The van der Waals surface area contributed by atoms with Crippen LogP contribution in [0.1, 0.15) is 29.6 Å². The molecule has 2 aliphatic rings. The molecular weight excluding hydrogens is 388 g/mol. The van der Waals surface area contributed by atoms with Crippen LogP contribution >= 0.6 is 23.1 Å². The predicted octanol–water partition coefficient (Wildman–Crippen LogP) is 3.84. The number of carbonyl (C=O) groups is 1. The van der Waals surface area contributed by atoms with Crippen LogP contribution in [0.3, 0.4) is 0 Å². The first kappa shape index (κ1) is 17.9. The van der Waals surface area contributed by atoms with Crippen molar-refractivity contribution in [2.45, 2.75) is 28.2 Å². The Kier molecular flexibility index (Phi) is 4.53. The Morgan fingerprint density at radius 3 is 2.46 bits per heavy atom. The van der Waals surface area contributed by atoms with E-state index in [2.05, 4.69) is 9.62 Å². The highest BCUT2D eigenvalue weighted by Gasteiger charge is 2.42. The molecule has 4 rings (SSSR count). The van der Waals surface area contributed by atoms with Crippen LogP contribution < -0.4 is 9.62 Å². The van der Waals surface area contributed by atoms with E-state index in [-0.39, 0.29) is 10.5 Å². The smallest absolute Gasteiger partial charge is 0.229 e. The molecule has 2 aliphatic heterocycles. The van der Waals surface area contributed by atoms with Crippen LogP contribution in [0.5, 0.6) is 0 Å². The minimum atomic E-state index is -3.26. The van der Waals surface area contributed by atoms with E-state index >= 15 is 0 Å². The summed E-state index contributed by atoms with van der Waals surface area (Å²) >= 11 is 3.56. The fraction of sp³-hybridized carbons (Fsp3) is 0.389. The van der Waals surface area contributed by atoms with Crippen molar-refractivity contribution in [3.8, 4) is 0 Å². The summed E-state index contributed by atoms with van der Waals surface area (Å²) in [6.07, 6.45) is 3.73. The van der Waals surface area contributed by atoms with Gasteiger partial charge in [-0.3, -0.25) is 9.52 Å². The van der Waals surface area contributed by atoms with Crippen LogP contribution in [0.15, 0.2) is 39.9 Å². The summed E-state index contributed by atoms with van der Waals surface area (Å²) in [6.45, 7) is 1.81. The Bertz CT molecular complexity index is 927. The molecule has 26 heavy (non-hydrogen) atoms. The molecule has 1 aromatic heterocycles. The van der Waals surface area contributed by atoms with E-state index < -0.39 is 10.0 Å². The number of hydrogen-bond acceptors (Lipinski definition) is 6. The standard InChI is InChI=1S/C18H20N2O3S3/c1-26(22,23)19-13-2-4-14(5-3-13)20-9-7-18(8-10-20)12-16(21)15-6-11-24-17(15)25-18/h2-6,11,19H,7-10,12H2,1H3. The van der Waals surface area contributed by atoms with Crippen molar-refractivity contribution < 1.29 is 13.2 Å². The molecule has 0 radical (unpaired) electrons. The van der Waals surface area contributed by atoms with Crippen LogP contribution in [-0.4, -0.2) is 38.3 Å². The van der Waals surface area contributed by atoms with Gasteiger partial charge >= 0.3 is 0 Å². The van der Waals surface area contributed by atoms with Crippen molar-refractivity contribution in [3.63, 3.8) is 0 Å². The van der Waals surface area contributed by atoms with Crippen LogP contribution in [-0.2, 0) is 10.0 Å². The summed E-state index contributed by atoms with van der Waals surface area (Å²) in [5.74, 6) is 0.282. The highest BCUT2D eigenvalue weighted by Crippen LogP contribution is 2.51. The topological polar surface area (TPSA) is 66.5 Å². The number of benzene rings is 1. The van der Waals surface area contributed by atoms with Gasteiger partial charge in [0.2, 0.25) is 10.0 Å². The summed E-state index contributed by atoms with van der Waals surface area (Å²) < 4.78 is 26.3. The van der Waals surface area contributed by atoms with E-state index in [4.69, 9.17) is 0 Å². The lowest BCUT2D eigenvalue weighted by Crippen LogP contribution is -2.44. The number of piperidine rings is 1.